The maximum Gasteiger partial charge on any atom is 0.0580 e. The summed E-state index contributed by atoms with van der Waals surface area (Å²) in [5, 5.41) is 3.75. The number of rotatable bonds is 8. The Hall–Kier alpha value is -0.860. The Morgan fingerprint density at radius 2 is 1.90 bits per heavy atom. The van der Waals surface area contributed by atoms with Crippen molar-refractivity contribution in [2.24, 2.45) is 11.8 Å². The zero-order valence-corrected chi connectivity index (χ0v) is 13.4. The van der Waals surface area contributed by atoms with Gasteiger partial charge in [-0.2, -0.15) is 0 Å². The predicted molar refractivity (Wildman–Crippen MR) is 87.5 cm³/mol. The van der Waals surface area contributed by atoms with Crippen molar-refractivity contribution in [1.29, 1.82) is 0 Å². The Morgan fingerprint density at radius 3 is 2.57 bits per heavy atom. The summed E-state index contributed by atoms with van der Waals surface area (Å²) < 4.78 is 5.70. The van der Waals surface area contributed by atoms with Crippen LogP contribution in [0.15, 0.2) is 30.3 Å². The van der Waals surface area contributed by atoms with Crippen LogP contribution in [0, 0.1) is 11.8 Å². The van der Waals surface area contributed by atoms with Crippen molar-refractivity contribution in [3.05, 3.63) is 35.9 Å². The largest absolute Gasteiger partial charge is 0.378 e. The van der Waals surface area contributed by atoms with Crippen molar-refractivity contribution >= 4 is 0 Å². The lowest BCUT2D eigenvalue weighted by Gasteiger charge is -2.37. The summed E-state index contributed by atoms with van der Waals surface area (Å²) in [6.45, 7) is 6.29. The molecule has 0 saturated heterocycles. The molecule has 2 aliphatic rings. The first-order chi connectivity index (χ1) is 10.3. The van der Waals surface area contributed by atoms with Gasteiger partial charge in [0.1, 0.15) is 0 Å². The minimum atomic E-state index is 0.548. The smallest absolute Gasteiger partial charge is 0.0580 e. The van der Waals surface area contributed by atoms with Gasteiger partial charge in [-0.1, -0.05) is 37.3 Å². The van der Waals surface area contributed by atoms with Gasteiger partial charge < -0.3 is 10.1 Å². The molecule has 0 aliphatic heterocycles. The molecule has 0 amide bonds. The third-order valence-corrected chi connectivity index (χ3v) is 5.23. The first-order valence-corrected chi connectivity index (χ1v) is 8.71. The monoisotopic (exact) mass is 287 g/mol. The predicted octanol–water partition coefficient (Wildman–Crippen LogP) is 3.97. The lowest BCUT2D eigenvalue weighted by molar-refractivity contribution is -0.0296. The summed E-state index contributed by atoms with van der Waals surface area (Å²) in [5.41, 5.74) is 1.53. The topological polar surface area (TPSA) is 21.3 Å². The zero-order valence-electron chi connectivity index (χ0n) is 13.4. The fraction of sp³-hybridized carbons (Fsp3) is 0.684. The molecular weight excluding hydrogens is 258 g/mol. The van der Waals surface area contributed by atoms with Gasteiger partial charge in [0, 0.05) is 12.6 Å². The second-order valence-corrected chi connectivity index (χ2v) is 6.73. The van der Waals surface area contributed by atoms with Crippen molar-refractivity contribution in [3.8, 4) is 0 Å². The van der Waals surface area contributed by atoms with E-state index < -0.39 is 0 Å². The lowest BCUT2D eigenvalue weighted by atomic mass is 9.77. The normalized spacial score (nSPS) is 32.5. The van der Waals surface area contributed by atoms with Crippen molar-refractivity contribution in [1.82, 2.24) is 5.32 Å². The summed E-state index contributed by atoms with van der Waals surface area (Å²) in [7, 11) is 0. The van der Waals surface area contributed by atoms with Crippen LogP contribution in [-0.2, 0) is 4.74 Å². The molecule has 21 heavy (non-hydrogen) atoms. The van der Waals surface area contributed by atoms with Gasteiger partial charge in [-0.15, -0.1) is 0 Å². The average molecular weight is 287 g/mol. The van der Waals surface area contributed by atoms with Crippen LogP contribution in [0.25, 0.3) is 0 Å². The molecule has 1 aromatic carbocycles. The van der Waals surface area contributed by atoms with Gasteiger partial charge in [-0.05, 0) is 62.5 Å². The van der Waals surface area contributed by atoms with E-state index in [2.05, 4.69) is 49.5 Å². The van der Waals surface area contributed by atoms with E-state index in [4.69, 9.17) is 4.74 Å². The van der Waals surface area contributed by atoms with Crippen LogP contribution in [0.5, 0.6) is 0 Å². The van der Waals surface area contributed by atoms with Gasteiger partial charge >= 0.3 is 0 Å². The van der Waals surface area contributed by atoms with Crippen LogP contribution < -0.4 is 5.32 Å². The summed E-state index contributed by atoms with van der Waals surface area (Å²) in [6, 6.07) is 11.7. The highest BCUT2D eigenvalue weighted by Gasteiger charge is 2.45. The fourth-order valence-corrected chi connectivity index (χ4v) is 4.01. The van der Waals surface area contributed by atoms with Crippen LogP contribution in [0.4, 0.5) is 0 Å². The van der Waals surface area contributed by atoms with Gasteiger partial charge in [-0.25, -0.2) is 0 Å². The van der Waals surface area contributed by atoms with E-state index in [-0.39, 0.29) is 0 Å². The second-order valence-electron chi connectivity index (χ2n) is 6.73. The Labute approximate surface area is 129 Å². The number of hydrogen-bond acceptors (Lipinski definition) is 2. The number of hydrogen-bond donors (Lipinski definition) is 1. The molecule has 3 rings (SSSR count). The molecule has 2 saturated carbocycles. The molecule has 0 bridgehead atoms. The first kappa shape index (κ1) is 15.1. The van der Waals surface area contributed by atoms with E-state index in [0.29, 0.717) is 12.1 Å². The van der Waals surface area contributed by atoms with E-state index in [0.717, 1.165) is 30.9 Å². The van der Waals surface area contributed by atoms with Crippen LogP contribution in [-0.4, -0.2) is 25.3 Å². The number of nitrogens with one attached hydrogen (secondary N) is 1. The highest BCUT2D eigenvalue weighted by molar-refractivity contribution is 5.26. The van der Waals surface area contributed by atoms with Crippen molar-refractivity contribution < 1.29 is 4.74 Å². The van der Waals surface area contributed by atoms with Gasteiger partial charge in [-0.3, -0.25) is 0 Å². The van der Waals surface area contributed by atoms with Gasteiger partial charge in [0.25, 0.3) is 0 Å². The molecule has 0 radical (unpaired) electrons. The van der Waals surface area contributed by atoms with Gasteiger partial charge in [0.2, 0.25) is 0 Å². The highest BCUT2D eigenvalue weighted by Crippen LogP contribution is 2.51. The van der Waals surface area contributed by atoms with Gasteiger partial charge in [0.15, 0.2) is 0 Å². The SMILES string of the molecule is CCNC(CC1CC(OCC)C1)C1CC1c1ccccc1. The number of benzene rings is 1. The molecule has 0 heterocycles. The summed E-state index contributed by atoms with van der Waals surface area (Å²) in [6.07, 6.45) is 5.80. The van der Waals surface area contributed by atoms with Crippen LogP contribution >= 0.6 is 0 Å². The first-order valence-electron chi connectivity index (χ1n) is 8.71. The van der Waals surface area contributed by atoms with Crippen LogP contribution in [0.1, 0.15) is 51.0 Å². The van der Waals surface area contributed by atoms with Crippen LogP contribution in [0.3, 0.4) is 0 Å². The quantitative estimate of drug-likeness (QED) is 0.781. The van der Waals surface area contributed by atoms with E-state index in [1.165, 1.54) is 31.2 Å². The van der Waals surface area contributed by atoms with E-state index in [9.17, 15) is 0 Å². The molecule has 2 aliphatic carbocycles. The standard InChI is InChI=1S/C19H29NO/c1-3-20-19(12-14-10-16(11-14)21-4-2)18-13-17(18)15-8-6-5-7-9-15/h5-9,14,16-20H,3-4,10-13H2,1-2H3. The highest BCUT2D eigenvalue weighted by atomic mass is 16.5. The maximum atomic E-state index is 5.70. The third-order valence-electron chi connectivity index (χ3n) is 5.23. The zero-order chi connectivity index (χ0) is 14.7. The van der Waals surface area contributed by atoms with E-state index >= 15 is 0 Å². The Morgan fingerprint density at radius 1 is 1.14 bits per heavy atom. The molecule has 0 aromatic heterocycles. The average Bonchev–Trinajstić information content (AvgIpc) is 3.25. The maximum absolute atomic E-state index is 5.70. The number of ether oxygens (including phenoxy) is 1. The second kappa shape index (κ2) is 6.93. The molecule has 3 unspecified atom stereocenters. The summed E-state index contributed by atoms with van der Waals surface area (Å²) >= 11 is 0. The van der Waals surface area contributed by atoms with Crippen molar-refractivity contribution in [2.75, 3.05) is 13.2 Å². The Balaban J connectivity index is 1.50. The minimum absolute atomic E-state index is 0.548. The van der Waals surface area contributed by atoms with E-state index in [1.807, 2.05) is 0 Å². The van der Waals surface area contributed by atoms with Crippen molar-refractivity contribution in [2.45, 2.75) is 57.6 Å². The molecule has 116 valence electrons. The van der Waals surface area contributed by atoms with Crippen molar-refractivity contribution in [3.63, 3.8) is 0 Å². The minimum Gasteiger partial charge on any atom is -0.378 e. The van der Waals surface area contributed by atoms with E-state index in [1.54, 1.807) is 0 Å². The molecule has 2 heteroatoms. The molecule has 3 atom stereocenters. The molecular formula is C19H29NO. The van der Waals surface area contributed by atoms with Crippen LogP contribution in [0.2, 0.25) is 0 Å². The molecule has 0 spiro atoms. The lowest BCUT2D eigenvalue weighted by Crippen LogP contribution is -2.39. The summed E-state index contributed by atoms with van der Waals surface area (Å²) in [4.78, 5) is 0. The van der Waals surface area contributed by atoms with Gasteiger partial charge in [0.05, 0.1) is 6.10 Å². The Bertz CT molecular complexity index is 426. The molecule has 1 N–H and O–H groups in total. The fourth-order valence-electron chi connectivity index (χ4n) is 4.01. The Kier molecular flexibility index (Phi) is 4.97. The molecule has 2 nitrogen and oxygen atoms in total. The molecule has 1 aromatic rings. The third kappa shape index (κ3) is 3.67. The summed E-state index contributed by atoms with van der Waals surface area (Å²) in [5.74, 6) is 2.51. The molecule has 2 fully saturated rings.